The van der Waals surface area contributed by atoms with E-state index in [1.165, 1.54) is 18.3 Å². The molecule has 8 heteroatoms. The van der Waals surface area contributed by atoms with Gasteiger partial charge in [-0.1, -0.05) is 0 Å². The second-order valence-electron chi connectivity index (χ2n) is 5.74. The van der Waals surface area contributed by atoms with Gasteiger partial charge in [-0.05, 0) is 18.2 Å². The lowest BCUT2D eigenvalue weighted by atomic mass is 10.1. The number of aliphatic hydroxyl groups is 1. The average Bonchev–Trinajstić information content (AvgIpc) is 2.61. The number of hydrogen-bond acceptors (Lipinski definition) is 6. The molecule has 0 radical (unpaired) electrons. The number of nitrogens with zero attached hydrogens (tertiary/aromatic N) is 4. The molecule has 0 aliphatic carbocycles. The van der Waals surface area contributed by atoms with Crippen molar-refractivity contribution >= 4 is 16.6 Å². The van der Waals surface area contributed by atoms with Gasteiger partial charge in [0.05, 0.1) is 23.4 Å². The summed E-state index contributed by atoms with van der Waals surface area (Å²) in [5.41, 5.74) is 1.71. The molecule has 0 spiro atoms. The highest BCUT2D eigenvalue weighted by Crippen LogP contribution is 2.33. The Labute approximate surface area is 143 Å². The molecule has 1 aromatic carbocycles. The number of piperazine rings is 1. The summed E-state index contributed by atoms with van der Waals surface area (Å²) in [6, 6.07) is 6.69. The summed E-state index contributed by atoms with van der Waals surface area (Å²) in [5, 5.41) is 19.1. The fourth-order valence-electron chi connectivity index (χ4n) is 3.09. The van der Waals surface area contributed by atoms with Crippen LogP contribution in [0.3, 0.4) is 0 Å². The number of nitriles is 1. The zero-order chi connectivity index (χ0) is 17.8. The second-order valence-corrected chi connectivity index (χ2v) is 5.74. The summed E-state index contributed by atoms with van der Waals surface area (Å²) >= 11 is 0. The van der Waals surface area contributed by atoms with Gasteiger partial charge in [-0.15, -0.1) is 0 Å². The molecule has 6 nitrogen and oxygen atoms in total. The summed E-state index contributed by atoms with van der Waals surface area (Å²) < 4.78 is 29.5. The van der Waals surface area contributed by atoms with E-state index < -0.39 is 6.61 Å². The molecule has 2 heterocycles. The number of benzene rings is 1. The van der Waals surface area contributed by atoms with E-state index in [4.69, 9.17) is 5.11 Å². The predicted molar refractivity (Wildman–Crippen MR) is 88.8 cm³/mol. The zero-order valence-electron chi connectivity index (χ0n) is 13.5. The molecule has 1 fully saturated rings. The van der Waals surface area contributed by atoms with Gasteiger partial charge in [-0.3, -0.25) is 9.88 Å². The van der Waals surface area contributed by atoms with E-state index in [2.05, 4.69) is 25.6 Å². The predicted octanol–water partition coefficient (Wildman–Crippen LogP) is 1.82. The lowest BCUT2D eigenvalue weighted by Crippen LogP contribution is -2.47. The Morgan fingerprint density at radius 1 is 1.28 bits per heavy atom. The normalized spacial score (nSPS) is 15.6. The summed E-state index contributed by atoms with van der Waals surface area (Å²) in [5.74, 6) is 0.0413. The molecular formula is C17H18F2N4O2. The number of hydrogen-bond donors (Lipinski definition) is 1. The number of pyridine rings is 1. The monoisotopic (exact) mass is 348 g/mol. The van der Waals surface area contributed by atoms with Crippen LogP contribution in [-0.4, -0.2) is 60.9 Å². The highest BCUT2D eigenvalue weighted by atomic mass is 19.3. The first-order chi connectivity index (χ1) is 12.1. The van der Waals surface area contributed by atoms with E-state index in [-0.39, 0.29) is 12.4 Å². The average molecular weight is 348 g/mol. The molecule has 0 unspecified atom stereocenters. The van der Waals surface area contributed by atoms with Gasteiger partial charge in [0.2, 0.25) is 0 Å². The van der Waals surface area contributed by atoms with Crippen LogP contribution in [0.5, 0.6) is 5.75 Å². The summed E-state index contributed by atoms with van der Waals surface area (Å²) in [4.78, 5) is 8.43. The van der Waals surface area contributed by atoms with Crippen molar-refractivity contribution in [2.45, 2.75) is 6.61 Å². The fraction of sp³-hybridized carbons (Fsp3) is 0.412. The third-order valence-electron chi connectivity index (χ3n) is 4.26. The first-order valence-electron chi connectivity index (χ1n) is 7.98. The Morgan fingerprint density at radius 2 is 2.04 bits per heavy atom. The number of aliphatic hydroxyl groups excluding tert-OH is 1. The fourth-order valence-corrected chi connectivity index (χ4v) is 3.09. The summed E-state index contributed by atoms with van der Waals surface area (Å²) in [6.45, 7) is 0.667. The van der Waals surface area contributed by atoms with Crippen LogP contribution < -0.4 is 9.64 Å². The van der Waals surface area contributed by atoms with Crippen molar-refractivity contribution < 1.29 is 18.6 Å². The largest absolute Gasteiger partial charge is 0.435 e. The Balaban J connectivity index is 1.98. The van der Waals surface area contributed by atoms with Crippen molar-refractivity contribution in [2.24, 2.45) is 0 Å². The minimum atomic E-state index is -2.91. The van der Waals surface area contributed by atoms with Crippen LogP contribution in [0.4, 0.5) is 14.5 Å². The van der Waals surface area contributed by atoms with E-state index in [0.29, 0.717) is 41.8 Å². The Morgan fingerprint density at radius 3 is 2.68 bits per heavy atom. The van der Waals surface area contributed by atoms with Gasteiger partial charge in [-0.25, -0.2) is 0 Å². The molecule has 0 saturated carbocycles. The second kappa shape index (κ2) is 7.59. The smallest absolute Gasteiger partial charge is 0.387 e. The van der Waals surface area contributed by atoms with Crippen LogP contribution >= 0.6 is 0 Å². The van der Waals surface area contributed by atoms with Gasteiger partial charge in [0.15, 0.2) is 0 Å². The van der Waals surface area contributed by atoms with Crippen LogP contribution in [0.15, 0.2) is 24.4 Å². The van der Waals surface area contributed by atoms with E-state index >= 15 is 0 Å². The zero-order valence-corrected chi connectivity index (χ0v) is 13.5. The van der Waals surface area contributed by atoms with Gasteiger partial charge < -0.3 is 14.7 Å². The molecule has 2 aromatic rings. The molecule has 0 amide bonds. The molecule has 0 bridgehead atoms. The SMILES string of the molecule is N#Cc1cnc2ccc(OC(F)F)cc2c1N1CCN(CCO)CC1. The number of anilines is 1. The lowest BCUT2D eigenvalue weighted by molar-refractivity contribution is -0.0497. The van der Waals surface area contributed by atoms with Crippen molar-refractivity contribution in [1.29, 1.82) is 5.26 Å². The van der Waals surface area contributed by atoms with Crippen molar-refractivity contribution in [3.63, 3.8) is 0 Å². The maximum Gasteiger partial charge on any atom is 0.387 e. The van der Waals surface area contributed by atoms with E-state index in [9.17, 15) is 14.0 Å². The topological polar surface area (TPSA) is 72.6 Å². The van der Waals surface area contributed by atoms with Crippen molar-refractivity contribution in [2.75, 3.05) is 44.2 Å². The minimum absolute atomic E-state index is 0.0413. The number of alkyl halides is 2. The van der Waals surface area contributed by atoms with Gasteiger partial charge >= 0.3 is 6.61 Å². The molecule has 1 aromatic heterocycles. The molecule has 3 rings (SSSR count). The van der Waals surface area contributed by atoms with Crippen LogP contribution in [0.25, 0.3) is 10.9 Å². The summed E-state index contributed by atoms with van der Waals surface area (Å²) in [7, 11) is 0. The van der Waals surface area contributed by atoms with Crippen molar-refractivity contribution in [1.82, 2.24) is 9.88 Å². The molecule has 1 saturated heterocycles. The molecule has 1 aliphatic heterocycles. The maximum atomic E-state index is 12.5. The Hall–Kier alpha value is -2.50. The van der Waals surface area contributed by atoms with Crippen LogP contribution in [0.1, 0.15) is 5.56 Å². The Kier molecular flexibility index (Phi) is 5.26. The van der Waals surface area contributed by atoms with Gasteiger partial charge in [-0.2, -0.15) is 14.0 Å². The molecule has 1 N–H and O–H groups in total. The third kappa shape index (κ3) is 3.78. The van der Waals surface area contributed by atoms with Crippen LogP contribution in [0.2, 0.25) is 0 Å². The van der Waals surface area contributed by atoms with Gasteiger partial charge in [0.25, 0.3) is 0 Å². The number of aromatic nitrogens is 1. The van der Waals surface area contributed by atoms with E-state index in [1.54, 1.807) is 6.07 Å². The van der Waals surface area contributed by atoms with Gasteiger partial charge in [0.1, 0.15) is 11.8 Å². The lowest BCUT2D eigenvalue weighted by Gasteiger charge is -2.36. The van der Waals surface area contributed by atoms with Crippen LogP contribution in [-0.2, 0) is 0 Å². The van der Waals surface area contributed by atoms with Gasteiger partial charge in [0, 0.05) is 44.3 Å². The maximum absolute atomic E-state index is 12.5. The third-order valence-corrected chi connectivity index (χ3v) is 4.26. The van der Waals surface area contributed by atoms with E-state index in [0.717, 1.165) is 13.1 Å². The Bertz CT molecular complexity index is 786. The van der Waals surface area contributed by atoms with Crippen molar-refractivity contribution in [3.8, 4) is 11.8 Å². The number of fused-ring (bicyclic) bond motifs is 1. The molecule has 25 heavy (non-hydrogen) atoms. The number of ether oxygens (including phenoxy) is 1. The molecule has 132 valence electrons. The van der Waals surface area contributed by atoms with Crippen molar-refractivity contribution in [3.05, 3.63) is 30.0 Å². The number of halogens is 2. The molecular weight excluding hydrogens is 330 g/mol. The first-order valence-corrected chi connectivity index (χ1v) is 7.98. The number of β-amino-alcohol motifs (C(OH)–C–C–N with tert-alkyl or cyclic N) is 1. The highest BCUT2D eigenvalue weighted by molar-refractivity contribution is 5.95. The standard InChI is InChI=1S/C17H18F2N4O2/c18-17(19)25-13-1-2-15-14(9-13)16(12(10-20)11-21-15)23-5-3-22(4-6-23)7-8-24/h1-2,9,11,17,24H,3-8H2. The first kappa shape index (κ1) is 17.3. The van der Waals surface area contributed by atoms with Crippen LogP contribution in [0, 0.1) is 11.3 Å². The minimum Gasteiger partial charge on any atom is -0.435 e. The summed E-state index contributed by atoms with van der Waals surface area (Å²) in [6.07, 6.45) is 1.51. The molecule has 1 aliphatic rings. The number of rotatable bonds is 5. The quantitative estimate of drug-likeness (QED) is 0.889. The van der Waals surface area contributed by atoms with E-state index in [1.807, 2.05) is 0 Å². The highest BCUT2D eigenvalue weighted by Gasteiger charge is 2.22. The molecule has 0 atom stereocenters.